The number of rotatable bonds is 8. The lowest BCUT2D eigenvalue weighted by molar-refractivity contribution is -0.150. The molecule has 3 fully saturated rings. The van der Waals surface area contributed by atoms with Crippen LogP contribution in [-0.4, -0.2) is 71.7 Å². The van der Waals surface area contributed by atoms with Gasteiger partial charge in [0.1, 0.15) is 17.3 Å². The molecule has 1 N–H and O–H groups in total. The first-order valence-electron chi connectivity index (χ1n) is 12.7. The number of likely N-dealkylation sites (tertiary alicyclic amines) is 2. The van der Waals surface area contributed by atoms with Crippen LogP contribution in [0.4, 0.5) is 0 Å². The lowest BCUT2D eigenvalue weighted by Gasteiger charge is -2.45. The summed E-state index contributed by atoms with van der Waals surface area (Å²) in [4.78, 5) is 22.0. The minimum Gasteiger partial charge on any atom is -0.493 e. The summed E-state index contributed by atoms with van der Waals surface area (Å²) in [5.41, 5.74) is 1.57. The van der Waals surface area contributed by atoms with Crippen LogP contribution < -0.4 is 9.47 Å². The molecule has 186 valence electrons. The second kappa shape index (κ2) is 8.95. The fourth-order valence-corrected chi connectivity index (χ4v) is 5.52. The van der Waals surface area contributed by atoms with E-state index in [1.807, 2.05) is 20.8 Å². The van der Waals surface area contributed by atoms with E-state index in [2.05, 4.69) is 27.1 Å². The van der Waals surface area contributed by atoms with Gasteiger partial charge in [0, 0.05) is 38.3 Å². The van der Waals surface area contributed by atoms with E-state index in [1.165, 1.54) is 24.0 Å². The van der Waals surface area contributed by atoms with Gasteiger partial charge in [0.25, 0.3) is 0 Å². The number of hydrogen-bond acceptors (Lipinski definition) is 7. The van der Waals surface area contributed by atoms with E-state index in [0.717, 1.165) is 56.5 Å². The highest BCUT2D eigenvalue weighted by atomic mass is 16.7. The van der Waals surface area contributed by atoms with Crippen molar-refractivity contribution < 1.29 is 24.2 Å². The fraction of sp³-hybridized carbons (Fsp3) is 0.692. The number of carbonyl (C=O) groups is 1. The zero-order valence-corrected chi connectivity index (χ0v) is 20.6. The lowest BCUT2D eigenvalue weighted by Crippen LogP contribution is -2.61. The van der Waals surface area contributed by atoms with Crippen molar-refractivity contribution in [3.05, 3.63) is 23.3 Å². The van der Waals surface area contributed by atoms with E-state index in [1.54, 1.807) is 0 Å². The molecular formula is C26H37N3O5. The summed E-state index contributed by atoms with van der Waals surface area (Å²) in [6, 6.07) is 4.38. The third-order valence-electron chi connectivity index (χ3n) is 7.75. The highest BCUT2D eigenvalue weighted by Gasteiger charge is 2.51. The largest absolute Gasteiger partial charge is 0.493 e. The number of ether oxygens (including phenoxy) is 2. The lowest BCUT2D eigenvalue weighted by atomic mass is 9.80. The molecule has 8 nitrogen and oxygen atoms in total. The first-order valence-corrected chi connectivity index (χ1v) is 12.7. The Morgan fingerprint density at radius 1 is 1.15 bits per heavy atom. The smallest absolute Gasteiger partial charge is 0.309 e. The molecule has 0 atom stereocenters. The summed E-state index contributed by atoms with van der Waals surface area (Å²) in [6.07, 6.45) is 4.49. The fourth-order valence-electron chi connectivity index (χ4n) is 5.52. The van der Waals surface area contributed by atoms with Gasteiger partial charge in [-0.25, -0.2) is 0 Å². The average Bonchev–Trinajstić information content (AvgIpc) is 3.52. The monoisotopic (exact) mass is 471 g/mol. The number of amidine groups is 1. The third kappa shape index (κ3) is 4.44. The molecule has 3 heterocycles. The first-order chi connectivity index (χ1) is 16.3. The Hall–Kier alpha value is -2.48. The van der Waals surface area contributed by atoms with Gasteiger partial charge in [0.15, 0.2) is 5.60 Å². The predicted octanol–water partition coefficient (Wildman–Crippen LogP) is 3.84. The van der Waals surface area contributed by atoms with Crippen molar-refractivity contribution in [1.82, 2.24) is 9.80 Å². The van der Waals surface area contributed by atoms with Crippen molar-refractivity contribution >= 4 is 11.8 Å². The molecule has 5 rings (SSSR count). The van der Waals surface area contributed by atoms with Crippen LogP contribution in [0, 0.1) is 5.41 Å². The number of carboxylic acid groups (broad SMARTS) is 1. The van der Waals surface area contributed by atoms with E-state index in [4.69, 9.17) is 14.3 Å². The van der Waals surface area contributed by atoms with Gasteiger partial charge in [-0.3, -0.25) is 9.69 Å². The quantitative estimate of drug-likeness (QED) is 0.617. The third-order valence-corrected chi connectivity index (χ3v) is 7.75. The Morgan fingerprint density at radius 2 is 1.76 bits per heavy atom. The molecule has 34 heavy (non-hydrogen) atoms. The van der Waals surface area contributed by atoms with E-state index < -0.39 is 11.4 Å². The van der Waals surface area contributed by atoms with Crippen molar-refractivity contribution in [2.45, 2.75) is 70.9 Å². The summed E-state index contributed by atoms with van der Waals surface area (Å²) in [6.45, 7) is 11.1. The molecule has 1 aromatic rings. The van der Waals surface area contributed by atoms with Crippen molar-refractivity contribution in [3.63, 3.8) is 0 Å². The van der Waals surface area contributed by atoms with Crippen LogP contribution in [-0.2, 0) is 16.2 Å². The van der Waals surface area contributed by atoms with Gasteiger partial charge >= 0.3 is 5.97 Å². The Kier molecular flexibility index (Phi) is 6.12. The molecule has 2 saturated heterocycles. The molecule has 0 bridgehead atoms. The normalized spacial score (nSPS) is 23.3. The van der Waals surface area contributed by atoms with Crippen LogP contribution in [0.3, 0.4) is 0 Å². The molecule has 0 unspecified atom stereocenters. The maximum atomic E-state index is 11.5. The van der Waals surface area contributed by atoms with Gasteiger partial charge in [-0.15, -0.1) is 0 Å². The van der Waals surface area contributed by atoms with Crippen molar-refractivity contribution in [1.29, 1.82) is 0 Å². The Bertz CT molecular complexity index is 932. The molecule has 1 aliphatic carbocycles. The van der Waals surface area contributed by atoms with E-state index in [0.29, 0.717) is 32.0 Å². The van der Waals surface area contributed by atoms with Gasteiger partial charge in [0.05, 0.1) is 25.0 Å². The predicted molar refractivity (Wildman–Crippen MR) is 128 cm³/mol. The number of benzene rings is 1. The molecular weight excluding hydrogens is 434 g/mol. The van der Waals surface area contributed by atoms with Gasteiger partial charge in [-0.05, 0) is 70.1 Å². The molecule has 8 heteroatoms. The minimum atomic E-state index is -0.701. The van der Waals surface area contributed by atoms with Crippen molar-refractivity contribution in [2.24, 2.45) is 10.6 Å². The van der Waals surface area contributed by atoms with Crippen molar-refractivity contribution in [2.75, 3.05) is 39.4 Å². The first kappa shape index (κ1) is 23.3. The minimum absolute atomic E-state index is 0.248. The summed E-state index contributed by atoms with van der Waals surface area (Å²) >= 11 is 0. The van der Waals surface area contributed by atoms with E-state index in [9.17, 15) is 9.90 Å². The number of piperidine rings is 1. The summed E-state index contributed by atoms with van der Waals surface area (Å²) in [5, 5.41) is 13.9. The molecule has 1 spiro atoms. The number of oxime groups is 1. The van der Waals surface area contributed by atoms with E-state index >= 15 is 0 Å². The van der Waals surface area contributed by atoms with Crippen LogP contribution in [0.5, 0.6) is 11.5 Å². The molecule has 4 aliphatic rings. The molecule has 0 radical (unpaired) electrons. The zero-order chi connectivity index (χ0) is 23.9. The van der Waals surface area contributed by atoms with Gasteiger partial charge in [0.2, 0.25) is 0 Å². The van der Waals surface area contributed by atoms with Crippen molar-refractivity contribution in [3.8, 4) is 11.5 Å². The zero-order valence-electron chi connectivity index (χ0n) is 20.6. The van der Waals surface area contributed by atoms with Gasteiger partial charge in [-0.1, -0.05) is 5.16 Å². The summed E-state index contributed by atoms with van der Waals surface area (Å²) in [7, 11) is 0. The molecule has 0 aromatic heterocycles. The maximum absolute atomic E-state index is 11.5. The number of aliphatic carboxylic acids is 1. The van der Waals surface area contributed by atoms with E-state index in [-0.39, 0.29) is 5.60 Å². The average molecular weight is 472 g/mol. The molecule has 1 aromatic carbocycles. The summed E-state index contributed by atoms with van der Waals surface area (Å²) in [5.74, 6) is 2.78. The topological polar surface area (TPSA) is 83.8 Å². The Labute approximate surface area is 201 Å². The van der Waals surface area contributed by atoms with Crippen LogP contribution >= 0.6 is 0 Å². The number of carboxylic acids is 1. The summed E-state index contributed by atoms with van der Waals surface area (Å²) < 4.78 is 12.0. The van der Waals surface area contributed by atoms with Crippen LogP contribution in [0.15, 0.2) is 17.3 Å². The van der Waals surface area contributed by atoms with Gasteiger partial charge in [-0.2, -0.15) is 0 Å². The Balaban J connectivity index is 1.18. The molecule has 0 amide bonds. The molecule has 3 aliphatic heterocycles. The molecule has 1 saturated carbocycles. The highest BCUT2D eigenvalue weighted by Crippen LogP contribution is 2.49. The SMILES string of the molecule is CCOc1cc(CN2CC3(CC(N4CCC(C)(C(=O)O)CC4)=NO3)C2)cc(OCC)c1C1CC1. The number of hydrogen-bond donors (Lipinski definition) is 1. The van der Waals surface area contributed by atoms with Crippen LogP contribution in [0.2, 0.25) is 0 Å². The number of nitrogens with zero attached hydrogens (tertiary/aromatic N) is 3. The highest BCUT2D eigenvalue weighted by molar-refractivity contribution is 5.85. The Morgan fingerprint density at radius 3 is 2.29 bits per heavy atom. The van der Waals surface area contributed by atoms with Crippen LogP contribution in [0.25, 0.3) is 0 Å². The van der Waals surface area contributed by atoms with Gasteiger partial charge < -0.3 is 24.3 Å². The standard InChI is InChI=1S/C26H37N3O5/c1-4-32-20-12-18(13-21(33-5-2)23(20)19-6-7-19)15-28-16-26(17-28)14-22(27-34-26)29-10-8-25(3,9-11-29)24(30)31/h12-13,19H,4-11,14-17H2,1-3H3,(H,30,31). The second-order valence-electron chi connectivity index (χ2n) is 10.6. The maximum Gasteiger partial charge on any atom is 0.309 e. The van der Waals surface area contributed by atoms with Crippen LogP contribution in [0.1, 0.15) is 69.9 Å². The second-order valence-corrected chi connectivity index (χ2v) is 10.6.